The quantitative estimate of drug-likeness (QED) is 0.606. The van der Waals surface area contributed by atoms with Crippen molar-refractivity contribution in [3.63, 3.8) is 0 Å². The van der Waals surface area contributed by atoms with Gasteiger partial charge in [-0.2, -0.15) is 11.6 Å². The fourth-order valence-electron chi connectivity index (χ4n) is 2.20. The molecule has 0 bridgehead atoms. The molecule has 0 heterocycles. The van der Waals surface area contributed by atoms with E-state index in [2.05, 4.69) is 6.07 Å². The topological polar surface area (TPSA) is 34.1 Å². The van der Waals surface area contributed by atoms with Crippen molar-refractivity contribution in [2.24, 2.45) is 0 Å². The highest BCUT2D eigenvalue weighted by Gasteiger charge is 2.26. The molecular formula is C13H14BO2S. The van der Waals surface area contributed by atoms with Crippen molar-refractivity contribution in [2.75, 3.05) is 0 Å². The predicted octanol–water partition coefficient (Wildman–Crippen LogP) is 2.85. The molecule has 2 rings (SSSR count). The molecule has 1 fully saturated rings. The molecular weight excluding hydrogens is 231 g/mol. The van der Waals surface area contributed by atoms with Gasteiger partial charge in [0.25, 0.3) is 0 Å². The summed E-state index contributed by atoms with van der Waals surface area (Å²) in [5, 5.41) is 0. The Hall–Kier alpha value is -1.03. The van der Waals surface area contributed by atoms with Crippen LogP contribution in [0.4, 0.5) is 0 Å². The number of carbonyl (C=O) groups excluding carboxylic acids is 2. The van der Waals surface area contributed by atoms with E-state index in [0.717, 1.165) is 10.5 Å². The van der Waals surface area contributed by atoms with E-state index in [9.17, 15) is 9.59 Å². The maximum atomic E-state index is 11.4. The van der Waals surface area contributed by atoms with E-state index < -0.39 is 0 Å². The first kappa shape index (κ1) is 12.4. The predicted molar refractivity (Wildman–Crippen MR) is 70.5 cm³/mol. The molecule has 1 aliphatic rings. The van der Waals surface area contributed by atoms with Crippen LogP contribution in [0.5, 0.6) is 0 Å². The number of ketones is 2. The first-order valence-corrected chi connectivity index (χ1v) is 6.65. The lowest BCUT2D eigenvalue weighted by molar-refractivity contribution is -0.130. The molecule has 0 unspecified atom stereocenters. The highest BCUT2D eigenvalue weighted by Crippen LogP contribution is 2.31. The second kappa shape index (κ2) is 5.54. The summed E-state index contributed by atoms with van der Waals surface area (Å²) in [6, 6.07) is 8.13. The maximum Gasteiger partial charge on any atom is 0.195 e. The Bertz CT molecular complexity index is 429. The van der Waals surface area contributed by atoms with Crippen LogP contribution < -0.4 is 0 Å². The number of hydrogen-bond donors (Lipinski definition) is 0. The molecule has 0 atom stereocenters. The summed E-state index contributed by atoms with van der Waals surface area (Å²) in [5.74, 6) is 0.235. The third kappa shape index (κ3) is 3.22. The fraction of sp³-hybridized carbons (Fsp3) is 0.385. The molecule has 1 aromatic carbocycles. The van der Waals surface area contributed by atoms with Gasteiger partial charge in [0, 0.05) is 12.8 Å². The number of benzene rings is 1. The third-order valence-electron chi connectivity index (χ3n) is 2.93. The van der Waals surface area contributed by atoms with E-state index in [1.54, 1.807) is 11.6 Å². The Balaban J connectivity index is 2.18. The van der Waals surface area contributed by atoms with Gasteiger partial charge in [0.15, 0.2) is 6.56 Å². The number of carbonyl (C=O) groups is 2. The van der Waals surface area contributed by atoms with Gasteiger partial charge in [-0.1, -0.05) is 19.0 Å². The zero-order valence-corrected chi connectivity index (χ0v) is 10.6. The van der Waals surface area contributed by atoms with Crippen molar-refractivity contribution in [1.82, 2.24) is 0 Å². The number of Topliss-reactive ketones (excluding diaryl/α,β-unsaturated/α-hetero) is 2. The van der Waals surface area contributed by atoms with Crippen LogP contribution in [0.3, 0.4) is 0 Å². The van der Waals surface area contributed by atoms with Crippen molar-refractivity contribution >= 4 is 29.7 Å². The van der Waals surface area contributed by atoms with Crippen LogP contribution >= 0.6 is 11.6 Å². The second-order valence-electron chi connectivity index (χ2n) is 4.29. The van der Waals surface area contributed by atoms with Gasteiger partial charge in [0.1, 0.15) is 11.6 Å². The zero-order valence-electron chi connectivity index (χ0n) is 9.81. The van der Waals surface area contributed by atoms with E-state index in [1.165, 1.54) is 0 Å². The standard InChI is InChI=1S/C13H14BO2S/c1-14-17-13-4-2-3-9(7-13)10-5-11(15)8-12(16)6-10/h2-4,7,10H,5-6,8H2,1H3. The van der Waals surface area contributed by atoms with E-state index in [4.69, 9.17) is 0 Å². The van der Waals surface area contributed by atoms with Crippen LogP contribution in [0.15, 0.2) is 29.2 Å². The van der Waals surface area contributed by atoms with Gasteiger partial charge in [-0.05, 0) is 28.5 Å². The minimum atomic E-state index is 0.0753. The second-order valence-corrected chi connectivity index (χ2v) is 5.46. The zero-order chi connectivity index (χ0) is 12.3. The molecule has 87 valence electrons. The minimum absolute atomic E-state index is 0.0753. The molecule has 1 saturated carbocycles. The van der Waals surface area contributed by atoms with Gasteiger partial charge < -0.3 is 0 Å². The average molecular weight is 245 g/mol. The lowest BCUT2D eigenvalue weighted by Gasteiger charge is -2.20. The highest BCUT2D eigenvalue weighted by atomic mass is 32.2. The molecule has 4 heteroatoms. The molecule has 0 aliphatic heterocycles. The maximum absolute atomic E-state index is 11.4. The number of rotatable bonds is 3. The van der Waals surface area contributed by atoms with Crippen LogP contribution in [0.1, 0.15) is 30.7 Å². The van der Waals surface area contributed by atoms with Crippen molar-refractivity contribution in [2.45, 2.75) is 36.9 Å². The van der Waals surface area contributed by atoms with Crippen LogP contribution in [0, 0.1) is 0 Å². The van der Waals surface area contributed by atoms with Crippen molar-refractivity contribution in [1.29, 1.82) is 0 Å². The van der Waals surface area contributed by atoms with E-state index in [0.29, 0.717) is 12.8 Å². The lowest BCUT2D eigenvalue weighted by atomic mass is 9.83. The molecule has 0 spiro atoms. The molecule has 17 heavy (non-hydrogen) atoms. The molecule has 1 aromatic rings. The third-order valence-corrected chi connectivity index (χ3v) is 3.69. The van der Waals surface area contributed by atoms with Crippen LogP contribution in [0.25, 0.3) is 0 Å². The molecule has 0 amide bonds. The van der Waals surface area contributed by atoms with Crippen molar-refractivity contribution in [3.8, 4) is 0 Å². The Labute approximate surface area is 106 Å². The molecule has 1 aliphatic carbocycles. The lowest BCUT2D eigenvalue weighted by Crippen LogP contribution is -2.21. The van der Waals surface area contributed by atoms with Gasteiger partial charge >= 0.3 is 0 Å². The van der Waals surface area contributed by atoms with Gasteiger partial charge in [-0.25, -0.2) is 0 Å². The van der Waals surface area contributed by atoms with Crippen LogP contribution in [-0.4, -0.2) is 18.1 Å². The summed E-state index contributed by atoms with van der Waals surface area (Å²) in [6.07, 6.45) is 1.15. The summed E-state index contributed by atoms with van der Waals surface area (Å²) < 4.78 is 0. The van der Waals surface area contributed by atoms with Crippen LogP contribution in [-0.2, 0) is 9.59 Å². The van der Waals surface area contributed by atoms with Gasteiger partial charge in [-0.3, -0.25) is 9.59 Å². The Morgan fingerprint density at radius 3 is 2.59 bits per heavy atom. The summed E-state index contributed by atoms with van der Waals surface area (Å²) in [7, 11) is 0. The van der Waals surface area contributed by atoms with Gasteiger partial charge in [-0.15, -0.1) is 0 Å². The molecule has 0 N–H and O–H groups in total. The Morgan fingerprint density at radius 2 is 1.94 bits per heavy atom. The van der Waals surface area contributed by atoms with Gasteiger partial charge in [0.2, 0.25) is 0 Å². The first-order chi connectivity index (χ1) is 8.19. The summed E-state index contributed by atoms with van der Waals surface area (Å²) in [6.45, 7) is 4.02. The first-order valence-electron chi connectivity index (χ1n) is 5.77. The summed E-state index contributed by atoms with van der Waals surface area (Å²) >= 11 is 1.66. The van der Waals surface area contributed by atoms with Crippen LogP contribution in [0.2, 0.25) is 6.82 Å². The Morgan fingerprint density at radius 1 is 1.24 bits per heavy atom. The Kier molecular flexibility index (Phi) is 4.05. The minimum Gasteiger partial charge on any atom is -0.299 e. The largest absolute Gasteiger partial charge is 0.299 e. The highest BCUT2D eigenvalue weighted by molar-refractivity contribution is 8.22. The van der Waals surface area contributed by atoms with E-state index in [1.807, 2.05) is 31.6 Å². The summed E-state index contributed by atoms with van der Waals surface area (Å²) in [5.41, 5.74) is 1.11. The van der Waals surface area contributed by atoms with E-state index >= 15 is 0 Å². The van der Waals surface area contributed by atoms with E-state index in [-0.39, 0.29) is 23.9 Å². The van der Waals surface area contributed by atoms with Gasteiger partial charge in [0.05, 0.1) is 6.42 Å². The molecule has 2 nitrogen and oxygen atoms in total. The SMILES string of the molecule is C[B]Sc1cccc(C2CC(=O)CC(=O)C2)c1. The normalized spacial score (nSPS) is 17.2. The molecule has 0 saturated heterocycles. The van der Waals surface area contributed by atoms with Crippen molar-refractivity contribution < 1.29 is 9.59 Å². The fourth-order valence-corrected chi connectivity index (χ4v) is 2.83. The smallest absolute Gasteiger partial charge is 0.195 e. The van der Waals surface area contributed by atoms with Crippen molar-refractivity contribution in [3.05, 3.63) is 29.8 Å². The average Bonchev–Trinajstić information content (AvgIpc) is 2.28. The molecule has 1 radical (unpaired) electrons. The summed E-state index contributed by atoms with van der Waals surface area (Å²) in [4.78, 5) is 24.0. The monoisotopic (exact) mass is 245 g/mol. The number of hydrogen-bond acceptors (Lipinski definition) is 3. The molecule has 0 aromatic heterocycles.